The summed E-state index contributed by atoms with van der Waals surface area (Å²) in [6.07, 6.45) is -0.207. The summed E-state index contributed by atoms with van der Waals surface area (Å²) in [5.41, 5.74) is -0.534. The van der Waals surface area contributed by atoms with Crippen molar-refractivity contribution in [1.29, 1.82) is 0 Å². The zero-order valence-corrected chi connectivity index (χ0v) is 11.4. The molecule has 0 radical (unpaired) electrons. The summed E-state index contributed by atoms with van der Waals surface area (Å²) in [5.74, 6) is -2.43. The van der Waals surface area contributed by atoms with Crippen LogP contribution in [0.2, 0.25) is 0 Å². The smallest absolute Gasteiger partial charge is 0.302 e. The Morgan fingerprint density at radius 3 is 2.71 bits per heavy atom. The van der Waals surface area contributed by atoms with Crippen LogP contribution in [-0.2, 0) is 15.0 Å². The van der Waals surface area contributed by atoms with Gasteiger partial charge in [-0.3, -0.25) is 14.9 Å². The van der Waals surface area contributed by atoms with E-state index >= 15 is 0 Å². The molecule has 2 rings (SSSR count). The largest absolute Gasteiger partial charge is 0.508 e. The van der Waals surface area contributed by atoms with E-state index in [-0.39, 0.29) is 24.4 Å². The highest BCUT2D eigenvalue weighted by atomic mass is 32.3. The Bertz CT molecular complexity index is 705. The van der Waals surface area contributed by atoms with Crippen LogP contribution in [0.5, 0.6) is 5.75 Å². The van der Waals surface area contributed by atoms with Crippen molar-refractivity contribution in [2.75, 3.05) is 17.2 Å². The van der Waals surface area contributed by atoms with Gasteiger partial charge in [-0.1, -0.05) is 0 Å². The van der Waals surface area contributed by atoms with Crippen molar-refractivity contribution in [2.24, 2.45) is 5.92 Å². The molecule has 1 amide bonds. The Balaban J connectivity index is 2.31. The molecule has 1 N–H and O–H groups in total. The van der Waals surface area contributed by atoms with Gasteiger partial charge < -0.3 is 10.0 Å². The van der Waals surface area contributed by atoms with E-state index in [1.165, 1.54) is 12.1 Å². The summed E-state index contributed by atoms with van der Waals surface area (Å²) in [6.45, 7) is -0.131. The van der Waals surface area contributed by atoms with Gasteiger partial charge in [-0.15, -0.1) is 3.89 Å². The zero-order chi connectivity index (χ0) is 15.8. The summed E-state index contributed by atoms with van der Waals surface area (Å²) in [4.78, 5) is 23.1. The first-order valence-corrected chi connectivity index (χ1v) is 7.43. The molecule has 10 heteroatoms. The molecule has 0 aromatic heterocycles. The molecule has 1 fully saturated rings. The third-order valence-corrected chi connectivity index (χ3v) is 3.96. The van der Waals surface area contributed by atoms with Crippen LogP contribution in [0.4, 0.5) is 15.3 Å². The fraction of sp³-hybridized carbons (Fsp3) is 0.364. The van der Waals surface area contributed by atoms with Crippen LogP contribution in [0.3, 0.4) is 0 Å². The Hall–Kier alpha value is -2.23. The van der Waals surface area contributed by atoms with Gasteiger partial charge in [0, 0.05) is 18.9 Å². The summed E-state index contributed by atoms with van der Waals surface area (Å²) in [7, 11) is -4.72. The fourth-order valence-corrected chi connectivity index (χ4v) is 3.08. The molecule has 8 nitrogen and oxygen atoms in total. The van der Waals surface area contributed by atoms with Gasteiger partial charge in [0.2, 0.25) is 5.91 Å². The predicted molar refractivity (Wildman–Crippen MR) is 70.1 cm³/mol. The lowest BCUT2D eigenvalue weighted by molar-refractivity contribution is -0.384. The number of nitro benzene ring substituents is 1. The number of phenols is 1. The number of nitrogens with zero attached hydrogens (tertiary/aromatic N) is 2. The van der Waals surface area contributed by atoms with E-state index in [0.717, 1.165) is 11.0 Å². The number of rotatable bonds is 4. The second kappa shape index (κ2) is 5.28. The van der Waals surface area contributed by atoms with Crippen molar-refractivity contribution in [1.82, 2.24) is 0 Å². The van der Waals surface area contributed by atoms with E-state index in [9.17, 15) is 32.3 Å². The molecule has 1 unspecified atom stereocenters. The highest BCUT2D eigenvalue weighted by molar-refractivity contribution is 7.86. The van der Waals surface area contributed by atoms with Gasteiger partial charge in [0.05, 0.1) is 16.7 Å². The average Bonchev–Trinajstić information content (AvgIpc) is 2.67. The molecule has 0 aliphatic carbocycles. The minimum absolute atomic E-state index is 0.0541. The monoisotopic (exact) mass is 318 g/mol. The maximum absolute atomic E-state index is 12.7. The number of amides is 1. The van der Waals surface area contributed by atoms with Gasteiger partial charge in [0.1, 0.15) is 11.4 Å². The molecule has 1 aliphatic rings. The molecular weight excluding hydrogens is 307 g/mol. The zero-order valence-electron chi connectivity index (χ0n) is 10.6. The number of benzene rings is 1. The number of carbonyl (C=O) groups excluding carboxylic acids is 1. The maximum atomic E-state index is 12.7. The molecule has 1 atom stereocenters. The minimum Gasteiger partial charge on any atom is -0.508 e. The second-order valence-corrected chi connectivity index (χ2v) is 6.12. The number of halogens is 1. The van der Waals surface area contributed by atoms with Gasteiger partial charge >= 0.3 is 10.2 Å². The third-order valence-electron chi connectivity index (χ3n) is 3.09. The van der Waals surface area contributed by atoms with E-state index in [1.807, 2.05) is 0 Å². The summed E-state index contributed by atoms with van der Waals surface area (Å²) >= 11 is 0. The number of hydrogen-bond acceptors (Lipinski definition) is 6. The van der Waals surface area contributed by atoms with Crippen LogP contribution >= 0.6 is 0 Å². The SMILES string of the molecule is O=C1CC(CS(=O)(=O)F)CN1c1ccc(O)cc1[N+](=O)[O-]. The molecule has 0 saturated carbocycles. The van der Waals surface area contributed by atoms with Crippen LogP contribution in [0.1, 0.15) is 6.42 Å². The van der Waals surface area contributed by atoms with Crippen molar-refractivity contribution in [3.8, 4) is 5.75 Å². The first-order valence-electron chi connectivity index (χ1n) is 5.87. The summed E-state index contributed by atoms with van der Waals surface area (Å²) in [6, 6.07) is 3.26. The molecule has 1 aromatic rings. The molecule has 21 heavy (non-hydrogen) atoms. The number of nitro groups is 1. The Morgan fingerprint density at radius 1 is 1.48 bits per heavy atom. The topological polar surface area (TPSA) is 118 Å². The van der Waals surface area contributed by atoms with Crippen LogP contribution in [0, 0.1) is 16.0 Å². The number of phenolic OH excluding ortho intramolecular Hbond substituents is 1. The standard InChI is InChI=1S/C11H11FN2O6S/c12-21(19,20)6-7-3-11(16)13(5-7)9-2-1-8(15)4-10(9)14(17)18/h1-2,4,7,15H,3,5-6H2. The van der Waals surface area contributed by atoms with Crippen molar-refractivity contribution in [3.63, 3.8) is 0 Å². The first-order chi connectivity index (χ1) is 9.67. The van der Waals surface area contributed by atoms with Crippen molar-refractivity contribution in [3.05, 3.63) is 28.3 Å². The number of anilines is 1. The van der Waals surface area contributed by atoms with Crippen molar-refractivity contribution >= 4 is 27.5 Å². The van der Waals surface area contributed by atoms with Gasteiger partial charge in [0.25, 0.3) is 5.69 Å². The van der Waals surface area contributed by atoms with Gasteiger partial charge in [-0.05, 0) is 12.1 Å². The number of hydrogen-bond donors (Lipinski definition) is 1. The van der Waals surface area contributed by atoms with Crippen molar-refractivity contribution in [2.45, 2.75) is 6.42 Å². The first kappa shape index (κ1) is 15.2. The van der Waals surface area contributed by atoms with Crippen LogP contribution in [0.25, 0.3) is 0 Å². The summed E-state index contributed by atoms with van der Waals surface area (Å²) < 4.78 is 33.9. The van der Waals surface area contributed by atoms with Gasteiger partial charge in [-0.2, -0.15) is 8.42 Å². The van der Waals surface area contributed by atoms with Gasteiger partial charge in [-0.25, -0.2) is 0 Å². The minimum atomic E-state index is -4.72. The Labute approximate surface area is 119 Å². The fourth-order valence-electron chi connectivity index (χ4n) is 2.29. The lowest BCUT2D eigenvalue weighted by atomic mass is 10.1. The Morgan fingerprint density at radius 2 is 2.14 bits per heavy atom. The van der Waals surface area contributed by atoms with Crippen molar-refractivity contribution < 1.29 is 27.1 Å². The second-order valence-electron chi connectivity index (χ2n) is 4.71. The third kappa shape index (κ3) is 3.45. The molecule has 1 saturated heterocycles. The number of aromatic hydroxyl groups is 1. The molecule has 0 bridgehead atoms. The molecule has 1 heterocycles. The molecule has 114 valence electrons. The summed E-state index contributed by atoms with van der Waals surface area (Å²) in [5, 5.41) is 20.2. The lowest BCUT2D eigenvalue weighted by Crippen LogP contribution is -2.26. The average molecular weight is 318 g/mol. The van der Waals surface area contributed by atoms with E-state index in [0.29, 0.717) is 0 Å². The van der Waals surface area contributed by atoms with Crippen LogP contribution < -0.4 is 4.90 Å². The molecule has 0 spiro atoms. The maximum Gasteiger partial charge on any atom is 0.302 e. The van der Waals surface area contributed by atoms with Gasteiger partial charge in [0.15, 0.2) is 0 Å². The van der Waals surface area contributed by atoms with E-state index in [1.54, 1.807) is 0 Å². The van der Waals surface area contributed by atoms with E-state index in [4.69, 9.17) is 0 Å². The molecule has 1 aliphatic heterocycles. The number of carbonyl (C=O) groups is 1. The molecule has 1 aromatic carbocycles. The Kier molecular flexibility index (Phi) is 3.81. The van der Waals surface area contributed by atoms with Crippen LogP contribution in [-0.4, -0.2) is 36.7 Å². The highest BCUT2D eigenvalue weighted by Gasteiger charge is 2.36. The van der Waals surface area contributed by atoms with E-state index in [2.05, 4.69) is 0 Å². The van der Waals surface area contributed by atoms with E-state index < -0.39 is 38.4 Å². The lowest BCUT2D eigenvalue weighted by Gasteiger charge is -2.16. The van der Waals surface area contributed by atoms with Crippen LogP contribution in [0.15, 0.2) is 18.2 Å². The normalized spacial score (nSPS) is 19.0. The quantitative estimate of drug-likeness (QED) is 0.502. The predicted octanol–water partition coefficient (Wildman–Crippen LogP) is 0.953. The highest BCUT2D eigenvalue weighted by Crippen LogP contribution is 2.35. The molecular formula is C11H11FN2O6S.